The van der Waals surface area contributed by atoms with Crippen LogP contribution in [-0.2, 0) is 6.54 Å². The molecule has 102 valence electrons. The minimum absolute atomic E-state index is 0.211. The molecule has 0 amide bonds. The molecule has 0 fully saturated rings. The first kappa shape index (κ1) is 13.6. The predicted octanol–water partition coefficient (Wildman–Crippen LogP) is 1.53. The second kappa shape index (κ2) is 6.40. The maximum absolute atomic E-state index is 13.5. The quantitative estimate of drug-likeness (QED) is 0.802. The van der Waals surface area contributed by atoms with Gasteiger partial charge in [0.25, 0.3) is 5.89 Å². The van der Waals surface area contributed by atoms with Crippen LogP contribution in [0.1, 0.15) is 5.89 Å². The number of rotatable bonds is 6. The van der Waals surface area contributed by atoms with Gasteiger partial charge in [0.15, 0.2) is 0 Å². The molecule has 0 aliphatic heterocycles. The Labute approximate surface area is 111 Å². The number of benzene rings is 1. The third-order valence-electron chi connectivity index (χ3n) is 2.58. The molecular formula is C13H17FN4O. The second-order valence-electron chi connectivity index (χ2n) is 4.46. The Kier molecular flexibility index (Phi) is 4.59. The monoisotopic (exact) mass is 264 g/mol. The number of halogens is 1. The molecule has 6 heteroatoms. The Morgan fingerprint density at radius 1 is 1.26 bits per heavy atom. The molecule has 2 rings (SSSR count). The van der Waals surface area contributed by atoms with E-state index in [-0.39, 0.29) is 11.7 Å². The van der Waals surface area contributed by atoms with E-state index in [1.54, 1.807) is 18.2 Å². The Hall–Kier alpha value is -1.79. The largest absolute Gasteiger partial charge is 0.419 e. The summed E-state index contributed by atoms with van der Waals surface area (Å²) in [5, 5.41) is 10.9. The maximum atomic E-state index is 13.5. The third kappa shape index (κ3) is 3.84. The van der Waals surface area contributed by atoms with Gasteiger partial charge in [0.05, 0.1) is 12.1 Å². The zero-order valence-corrected chi connectivity index (χ0v) is 11.1. The van der Waals surface area contributed by atoms with Crippen LogP contribution < -0.4 is 5.32 Å². The average Bonchev–Trinajstić information content (AvgIpc) is 2.83. The van der Waals surface area contributed by atoms with E-state index in [4.69, 9.17) is 4.42 Å². The molecule has 0 saturated heterocycles. The lowest BCUT2D eigenvalue weighted by molar-refractivity contribution is 0.390. The lowest BCUT2D eigenvalue weighted by Gasteiger charge is -2.08. The van der Waals surface area contributed by atoms with Crippen molar-refractivity contribution < 1.29 is 8.81 Å². The van der Waals surface area contributed by atoms with Crippen LogP contribution in [0.25, 0.3) is 11.5 Å². The van der Waals surface area contributed by atoms with E-state index in [1.807, 2.05) is 14.1 Å². The van der Waals surface area contributed by atoms with Crippen molar-refractivity contribution in [2.75, 3.05) is 27.2 Å². The zero-order valence-electron chi connectivity index (χ0n) is 11.1. The van der Waals surface area contributed by atoms with Crippen LogP contribution in [0.4, 0.5) is 4.39 Å². The fourth-order valence-electron chi connectivity index (χ4n) is 1.57. The first-order valence-electron chi connectivity index (χ1n) is 6.09. The number of likely N-dealkylation sites (N-methyl/N-ethyl adjacent to an activating group) is 1. The van der Waals surface area contributed by atoms with Gasteiger partial charge >= 0.3 is 0 Å². The van der Waals surface area contributed by atoms with Crippen molar-refractivity contribution in [1.82, 2.24) is 20.4 Å². The van der Waals surface area contributed by atoms with Crippen LogP contribution in [0.2, 0.25) is 0 Å². The molecule has 2 aromatic rings. The lowest BCUT2D eigenvalue weighted by Crippen LogP contribution is -2.26. The summed E-state index contributed by atoms with van der Waals surface area (Å²) in [6.07, 6.45) is 0. The molecule has 1 heterocycles. The average molecular weight is 264 g/mol. The molecule has 0 unspecified atom stereocenters. The van der Waals surface area contributed by atoms with E-state index >= 15 is 0 Å². The number of hydrogen-bond acceptors (Lipinski definition) is 5. The van der Waals surface area contributed by atoms with Gasteiger partial charge in [-0.05, 0) is 26.2 Å². The van der Waals surface area contributed by atoms with Crippen LogP contribution in [0, 0.1) is 5.82 Å². The number of hydrogen-bond donors (Lipinski definition) is 1. The summed E-state index contributed by atoms with van der Waals surface area (Å²) >= 11 is 0. The van der Waals surface area contributed by atoms with Gasteiger partial charge < -0.3 is 14.6 Å². The topological polar surface area (TPSA) is 54.2 Å². The fraction of sp³-hybridized carbons (Fsp3) is 0.385. The van der Waals surface area contributed by atoms with Gasteiger partial charge in [0, 0.05) is 13.1 Å². The summed E-state index contributed by atoms with van der Waals surface area (Å²) in [6, 6.07) is 6.34. The van der Waals surface area contributed by atoms with Crippen molar-refractivity contribution in [1.29, 1.82) is 0 Å². The molecule has 0 aliphatic rings. The van der Waals surface area contributed by atoms with E-state index in [0.717, 1.165) is 13.1 Å². The molecule has 1 aromatic heterocycles. The van der Waals surface area contributed by atoms with Gasteiger partial charge in [-0.2, -0.15) is 0 Å². The smallest absolute Gasteiger partial charge is 0.250 e. The SMILES string of the molecule is CN(C)CCNCc1nnc(-c2ccccc2F)o1. The van der Waals surface area contributed by atoms with Crippen LogP contribution >= 0.6 is 0 Å². The van der Waals surface area contributed by atoms with Gasteiger partial charge in [-0.1, -0.05) is 12.1 Å². The highest BCUT2D eigenvalue weighted by atomic mass is 19.1. The summed E-state index contributed by atoms with van der Waals surface area (Å²) in [5.41, 5.74) is 0.328. The summed E-state index contributed by atoms with van der Waals surface area (Å²) in [7, 11) is 4.01. The first-order chi connectivity index (χ1) is 9.16. The predicted molar refractivity (Wildman–Crippen MR) is 70.0 cm³/mol. The van der Waals surface area contributed by atoms with E-state index in [9.17, 15) is 4.39 Å². The molecule has 1 N–H and O–H groups in total. The van der Waals surface area contributed by atoms with Crippen molar-refractivity contribution in [3.8, 4) is 11.5 Å². The van der Waals surface area contributed by atoms with Crippen molar-refractivity contribution in [2.24, 2.45) is 0 Å². The van der Waals surface area contributed by atoms with Gasteiger partial charge in [-0.15, -0.1) is 10.2 Å². The molecule has 0 bridgehead atoms. The lowest BCUT2D eigenvalue weighted by atomic mass is 10.2. The minimum Gasteiger partial charge on any atom is -0.419 e. The van der Waals surface area contributed by atoms with Gasteiger partial charge in [-0.3, -0.25) is 0 Å². The summed E-state index contributed by atoms with van der Waals surface area (Å²) < 4.78 is 19.0. The molecule has 19 heavy (non-hydrogen) atoms. The molecule has 0 spiro atoms. The number of aromatic nitrogens is 2. The van der Waals surface area contributed by atoms with Crippen LogP contribution in [0.3, 0.4) is 0 Å². The van der Waals surface area contributed by atoms with Crippen molar-refractivity contribution in [3.05, 3.63) is 36.0 Å². The highest BCUT2D eigenvalue weighted by Crippen LogP contribution is 2.20. The van der Waals surface area contributed by atoms with Crippen molar-refractivity contribution in [2.45, 2.75) is 6.54 Å². The highest BCUT2D eigenvalue weighted by molar-refractivity contribution is 5.53. The molecule has 5 nitrogen and oxygen atoms in total. The van der Waals surface area contributed by atoms with E-state index in [0.29, 0.717) is 18.0 Å². The minimum atomic E-state index is -0.363. The molecule has 0 saturated carbocycles. The van der Waals surface area contributed by atoms with E-state index in [1.165, 1.54) is 6.07 Å². The Morgan fingerprint density at radius 2 is 2.05 bits per heavy atom. The van der Waals surface area contributed by atoms with Crippen LogP contribution in [-0.4, -0.2) is 42.3 Å². The van der Waals surface area contributed by atoms with Crippen molar-refractivity contribution >= 4 is 0 Å². The van der Waals surface area contributed by atoms with Gasteiger partial charge in [0.2, 0.25) is 5.89 Å². The van der Waals surface area contributed by atoms with Crippen molar-refractivity contribution in [3.63, 3.8) is 0 Å². The first-order valence-corrected chi connectivity index (χ1v) is 6.09. The Morgan fingerprint density at radius 3 is 2.79 bits per heavy atom. The fourth-order valence-corrected chi connectivity index (χ4v) is 1.57. The van der Waals surface area contributed by atoms with Gasteiger partial charge in [-0.25, -0.2) is 4.39 Å². The van der Waals surface area contributed by atoms with E-state index < -0.39 is 0 Å². The highest BCUT2D eigenvalue weighted by Gasteiger charge is 2.11. The van der Waals surface area contributed by atoms with Gasteiger partial charge in [0.1, 0.15) is 5.82 Å². The Bertz CT molecular complexity index is 527. The summed E-state index contributed by atoms with van der Waals surface area (Å²) in [5.74, 6) is 0.304. The number of nitrogens with one attached hydrogen (secondary N) is 1. The summed E-state index contributed by atoms with van der Waals surface area (Å²) in [6.45, 7) is 2.23. The summed E-state index contributed by atoms with van der Waals surface area (Å²) in [4.78, 5) is 2.07. The molecule has 0 aliphatic carbocycles. The zero-order chi connectivity index (χ0) is 13.7. The molecular weight excluding hydrogens is 247 g/mol. The second-order valence-corrected chi connectivity index (χ2v) is 4.46. The Balaban J connectivity index is 1.94. The molecule has 0 atom stereocenters. The molecule has 0 radical (unpaired) electrons. The molecule has 1 aromatic carbocycles. The third-order valence-corrected chi connectivity index (χ3v) is 2.58. The number of nitrogens with zero attached hydrogens (tertiary/aromatic N) is 3. The van der Waals surface area contributed by atoms with Crippen LogP contribution in [0.5, 0.6) is 0 Å². The maximum Gasteiger partial charge on any atom is 0.250 e. The normalized spacial score (nSPS) is 11.2. The van der Waals surface area contributed by atoms with E-state index in [2.05, 4.69) is 20.4 Å². The van der Waals surface area contributed by atoms with Crippen LogP contribution in [0.15, 0.2) is 28.7 Å². The standard InChI is InChI=1S/C13H17FN4O/c1-18(2)8-7-15-9-12-16-17-13(19-12)10-5-3-4-6-11(10)14/h3-6,15H,7-9H2,1-2H3.